The summed E-state index contributed by atoms with van der Waals surface area (Å²) in [6.07, 6.45) is 0. The molecule has 2 aromatic carbocycles. The van der Waals surface area contributed by atoms with E-state index in [1.807, 2.05) is 0 Å². The van der Waals surface area contributed by atoms with Gasteiger partial charge in [0.25, 0.3) is 11.8 Å². The Labute approximate surface area is 198 Å². The van der Waals surface area contributed by atoms with Crippen LogP contribution in [-0.4, -0.2) is 31.5 Å². The molecule has 0 saturated carbocycles. The van der Waals surface area contributed by atoms with Gasteiger partial charge < -0.3 is 20.1 Å². The molecule has 0 aliphatic rings. The lowest BCUT2D eigenvalue weighted by atomic mass is 10.1. The minimum absolute atomic E-state index is 0.105. The van der Waals surface area contributed by atoms with Gasteiger partial charge in [0.2, 0.25) is 0 Å². The van der Waals surface area contributed by atoms with Crippen LogP contribution in [-0.2, 0) is 9.53 Å². The molecule has 1 heterocycles. The summed E-state index contributed by atoms with van der Waals surface area (Å²) in [5, 5.41) is 6.55. The number of anilines is 2. The van der Waals surface area contributed by atoms with Gasteiger partial charge in [0.05, 0.1) is 17.6 Å². The second-order valence-electron chi connectivity index (χ2n) is 6.51. The number of rotatable bonds is 7. The fourth-order valence-electron chi connectivity index (χ4n) is 2.76. The Balaban J connectivity index is 1.78. The second-order valence-corrected chi connectivity index (χ2v) is 8.40. The Kier molecular flexibility index (Phi) is 7.74. The van der Waals surface area contributed by atoms with Gasteiger partial charge in [-0.1, -0.05) is 29.3 Å². The third-order valence-electron chi connectivity index (χ3n) is 4.26. The van der Waals surface area contributed by atoms with Crippen molar-refractivity contribution in [2.75, 3.05) is 24.4 Å². The molecule has 3 aromatic rings. The quantitative estimate of drug-likeness (QED) is 0.429. The Hall–Kier alpha value is -3.07. The third-order valence-corrected chi connectivity index (χ3v) is 5.95. The molecule has 0 fully saturated rings. The summed E-state index contributed by atoms with van der Waals surface area (Å²) in [6.45, 7) is 1.30. The third kappa shape index (κ3) is 5.79. The molecule has 3 rings (SSSR count). The van der Waals surface area contributed by atoms with Crippen molar-refractivity contribution in [1.29, 1.82) is 0 Å². The van der Waals surface area contributed by atoms with E-state index in [0.717, 1.165) is 11.3 Å². The average Bonchev–Trinajstić information content (AvgIpc) is 3.08. The molecule has 10 heteroatoms. The molecule has 0 aliphatic carbocycles. The highest BCUT2D eigenvalue weighted by Crippen LogP contribution is 2.34. The van der Waals surface area contributed by atoms with E-state index in [1.54, 1.807) is 55.5 Å². The van der Waals surface area contributed by atoms with Crippen molar-refractivity contribution in [3.63, 3.8) is 0 Å². The van der Waals surface area contributed by atoms with Crippen LogP contribution in [0.5, 0.6) is 5.75 Å². The number of nitrogens with one attached hydrogen (secondary N) is 2. The average molecular weight is 493 g/mol. The van der Waals surface area contributed by atoms with Crippen molar-refractivity contribution in [1.82, 2.24) is 0 Å². The second kappa shape index (κ2) is 10.5. The molecule has 1 aromatic heterocycles. The first-order valence-electron chi connectivity index (χ1n) is 9.25. The van der Waals surface area contributed by atoms with Crippen LogP contribution in [0.15, 0.2) is 48.5 Å². The number of esters is 1. The van der Waals surface area contributed by atoms with Crippen LogP contribution >= 0.6 is 34.5 Å². The lowest BCUT2D eigenvalue weighted by molar-refractivity contribution is -0.118. The Morgan fingerprint density at radius 3 is 2.38 bits per heavy atom. The Morgan fingerprint density at radius 1 is 1.00 bits per heavy atom. The summed E-state index contributed by atoms with van der Waals surface area (Å²) in [4.78, 5) is 37.8. The maximum atomic E-state index is 12.8. The standard InChI is InChI=1S/C22H18Cl2N2O5S/c1-12-18(22(29)30-2)21(26-17(27)11-31-16-8-6-13(23)7-9-16)32-19(12)20(28)25-15-5-3-4-14(24)10-15/h3-10H,11H2,1-2H3,(H,25,28)(H,26,27). The summed E-state index contributed by atoms with van der Waals surface area (Å²) in [5.74, 6) is -1.16. The number of thiophene rings is 1. The number of carbonyl (C=O) groups excluding carboxylic acids is 3. The van der Waals surface area contributed by atoms with Gasteiger partial charge in [0.15, 0.2) is 6.61 Å². The molecule has 0 radical (unpaired) electrons. The van der Waals surface area contributed by atoms with E-state index >= 15 is 0 Å². The molecule has 2 amide bonds. The lowest BCUT2D eigenvalue weighted by Gasteiger charge is -2.08. The van der Waals surface area contributed by atoms with Crippen molar-refractivity contribution in [3.8, 4) is 5.75 Å². The number of ether oxygens (including phenoxy) is 2. The predicted molar refractivity (Wildman–Crippen MR) is 125 cm³/mol. The zero-order chi connectivity index (χ0) is 23.3. The normalized spacial score (nSPS) is 10.4. The molecular formula is C22H18Cl2N2O5S. The first kappa shape index (κ1) is 23.6. The minimum Gasteiger partial charge on any atom is -0.484 e. The van der Waals surface area contributed by atoms with Gasteiger partial charge in [-0.2, -0.15) is 0 Å². The molecule has 0 atom stereocenters. The summed E-state index contributed by atoms with van der Waals surface area (Å²) in [7, 11) is 1.22. The SMILES string of the molecule is COC(=O)c1c(NC(=O)COc2ccc(Cl)cc2)sc(C(=O)Nc2cccc(Cl)c2)c1C. The van der Waals surface area contributed by atoms with E-state index in [2.05, 4.69) is 10.6 Å². The summed E-state index contributed by atoms with van der Waals surface area (Å²) < 4.78 is 10.3. The number of amides is 2. The molecular weight excluding hydrogens is 475 g/mol. The smallest absolute Gasteiger partial charge is 0.341 e. The van der Waals surface area contributed by atoms with Crippen LogP contribution in [0.2, 0.25) is 10.0 Å². The maximum absolute atomic E-state index is 12.8. The van der Waals surface area contributed by atoms with Crippen molar-refractivity contribution < 1.29 is 23.9 Å². The summed E-state index contributed by atoms with van der Waals surface area (Å²) >= 11 is 12.7. The van der Waals surface area contributed by atoms with E-state index in [4.69, 9.17) is 32.7 Å². The van der Waals surface area contributed by atoms with Gasteiger partial charge in [0.1, 0.15) is 10.8 Å². The molecule has 0 unspecified atom stereocenters. The number of methoxy groups -OCH3 is 1. The topological polar surface area (TPSA) is 93.7 Å². The first-order valence-corrected chi connectivity index (χ1v) is 10.8. The van der Waals surface area contributed by atoms with E-state index < -0.39 is 17.8 Å². The predicted octanol–water partition coefficient (Wildman–Crippen LogP) is 5.42. The highest BCUT2D eigenvalue weighted by Gasteiger charge is 2.26. The number of halogens is 2. The molecule has 0 aliphatic heterocycles. The van der Waals surface area contributed by atoms with Crippen molar-refractivity contribution >= 4 is 63.0 Å². The molecule has 2 N–H and O–H groups in total. The van der Waals surface area contributed by atoms with Crippen LogP contribution in [0.4, 0.5) is 10.7 Å². The maximum Gasteiger partial charge on any atom is 0.341 e. The zero-order valence-electron chi connectivity index (χ0n) is 17.0. The van der Waals surface area contributed by atoms with Crippen molar-refractivity contribution in [2.24, 2.45) is 0 Å². The highest BCUT2D eigenvalue weighted by atomic mass is 35.5. The Morgan fingerprint density at radius 2 is 1.72 bits per heavy atom. The summed E-state index contributed by atoms with van der Waals surface area (Å²) in [6, 6.07) is 13.2. The number of carbonyl (C=O) groups is 3. The van der Waals surface area contributed by atoms with Crippen LogP contribution in [0.3, 0.4) is 0 Å². The van der Waals surface area contributed by atoms with Crippen LogP contribution in [0.25, 0.3) is 0 Å². The number of hydrogen-bond acceptors (Lipinski definition) is 6. The molecule has 0 spiro atoms. The van der Waals surface area contributed by atoms with Gasteiger partial charge >= 0.3 is 5.97 Å². The fraction of sp³-hybridized carbons (Fsp3) is 0.136. The molecule has 7 nitrogen and oxygen atoms in total. The van der Waals surface area contributed by atoms with Gasteiger partial charge in [-0.3, -0.25) is 9.59 Å². The van der Waals surface area contributed by atoms with Crippen LogP contribution in [0.1, 0.15) is 25.6 Å². The molecule has 32 heavy (non-hydrogen) atoms. The minimum atomic E-state index is -0.672. The monoisotopic (exact) mass is 492 g/mol. The molecule has 0 bridgehead atoms. The van der Waals surface area contributed by atoms with Gasteiger partial charge in [0, 0.05) is 15.7 Å². The fourth-order valence-corrected chi connectivity index (χ4v) is 4.19. The highest BCUT2D eigenvalue weighted by molar-refractivity contribution is 7.19. The van der Waals surface area contributed by atoms with E-state index in [0.29, 0.717) is 27.0 Å². The largest absolute Gasteiger partial charge is 0.484 e. The van der Waals surface area contributed by atoms with Gasteiger partial charge in [-0.25, -0.2) is 4.79 Å². The van der Waals surface area contributed by atoms with E-state index in [9.17, 15) is 14.4 Å². The van der Waals surface area contributed by atoms with Crippen molar-refractivity contribution in [3.05, 3.63) is 74.6 Å². The van der Waals surface area contributed by atoms with Gasteiger partial charge in [-0.15, -0.1) is 11.3 Å². The van der Waals surface area contributed by atoms with E-state index in [1.165, 1.54) is 7.11 Å². The van der Waals surface area contributed by atoms with Crippen LogP contribution in [0, 0.1) is 6.92 Å². The van der Waals surface area contributed by atoms with Gasteiger partial charge in [-0.05, 0) is 55.0 Å². The Bertz CT molecular complexity index is 1160. The molecule has 0 saturated heterocycles. The van der Waals surface area contributed by atoms with E-state index in [-0.39, 0.29) is 22.0 Å². The number of benzene rings is 2. The molecule has 166 valence electrons. The van der Waals surface area contributed by atoms with Crippen LogP contribution < -0.4 is 15.4 Å². The van der Waals surface area contributed by atoms with Crippen molar-refractivity contribution in [2.45, 2.75) is 6.92 Å². The zero-order valence-corrected chi connectivity index (χ0v) is 19.4. The lowest BCUT2D eigenvalue weighted by Crippen LogP contribution is -2.21. The summed E-state index contributed by atoms with van der Waals surface area (Å²) in [5.41, 5.74) is 0.987. The number of hydrogen-bond donors (Lipinski definition) is 2. The first-order chi connectivity index (χ1) is 15.3.